The van der Waals surface area contributed by atoms with E-state index in [-0.39, 0.29) is 11.6 Å². The number of ketones is 1. The standard InChI is InChI=1S/C16H19FN2O2/c1-4-5-8-21-15-9-12(17)6-7-13(15)14-10-18-19(3)16(14)11(2)20/h6-7,9-10H,4-5,8H2,1-3H3. The normalized spacial score (nSPS) is 10.7. The number of carbonyl (C=O) groups is 1. The van der Waals surface area contributed by atoms with Crippen molar-refractivity contribution in [2.45, 2.75) is 26.7 Å². The highest BCUT2D eigenvalue weighted by Gasteiger charge is 2.18. The molecule has 0 N–H and O–H groups in total. The van der Waals surface area contributed by atoms with E-state index in [1.807, 2.05) is 0 Å². The Morgan fingerprint density at radius 2 is 2.14 bits per heavy atom. The fraction of sp³-hybridized carbons (Fsp3) is 0.375. The first-order chi connectivity index (χ1) is 10.0. The van der Waals surface area contributed by atoms with Crippen molar-refractivity contribution >= 4 is 5.78 Å². The number of nitrogens with zero attached hydrogens (tertiary/aromatic N) is 2. The SMILES string of the molecule is CCCCOc1cc(F)ccc1-c1cnn(C)c1C(C)=O. The highest BCUT2D eigenvalue weighted by atomic mass is 19.1. The molecule has 1 heterocycles. The number of aromatic nitrogens is 2. The molecule has 112 valence electrons. The molecule has 1 aromatic carbocycles. The monoisotopic (exact) mass is 290 g/mol. The Hall–Kier alpha value is -2.17. The Morgan fingerprint density at radius 1 is 1.38 bits per heavy atom. The molecule has 2 aromatic rings. The van der Waals surface area contributed by atoms with Crippen molar-refractivity contribution in [3.63, 3.8) is 0 Å². The number of benzene rings is 1. The molecular formula is C16H19FN2O2. The minimum atomic E-state index is -0.362. The van der Waals surface area contributed by atoms with Crippen LogP contribution in [0.3, 0.4) is 0 Å². The number of hydrogen-bond donors (Lipinski definition) is 0. The van der Waals surface area contributed by atoms with Gasteiger partial charge < -0.3 is 4.74 Å². The molecule has 4 nitrogen and oxygen atoms in total. The zero-order valence-corrected chi connectivity index (χ0v) is 12.5. The molecule has 0 fully saturated rings. The van der Waals surface area contributed by atoms with Crippen molar-refractivity contribution in [1.82, 2.24) is 9.78 Å². The van der Waals surface area contributed by atoms with Crippen LogP contribution in [0.25, 0.3) is 11.1 Å². The van der Waals surface area contributed by atoms with Gasteiger partial charge in [-0.05, 0) is 18.6 Å². The van der Waals surface area contributed by atoms with Crippen LogP contribution in [0.15, 0.2) is 24.4 Å². The molecule has 2 rings (SSSR count). The number of unbranched alkanes of at least 4 members (excludes halogenated alkanes) is 1. The summed E-state index contributed by atoms with van der Waals surface area (Å²) in [6.07, 6.45) is 3.50. The fourth-order valence-corrected chi connectivity index (χ4v) is 2.22. The zero-order chi connectivity index (χ0) is 15.4. The van der Waals surface area contributed by atoms with Crippen molar-refractivity contribution in [3.05, 3.63) is 35.9 Å². The van der Waals surface area contributed by atoms with Gasteiger partial charge in [0.1, 0.15) is 17.3 Å². The molecule has 0 radical (unpaired) electrons. The largest absolute Gasteiger partial charge is 0.493 e. The third-order valence-electron chi connectivity index (χ3n) is 3.26. The molecule has 0 bridgehead atoms. The molecule has 0 aliphatic carbocycles. The number of Topliss-reactive ketones (excluding diaryl/α,β-unsaturated/α-hetero) is 1. The number of rotatable bonds is 6. The van der Waals surface area contributed by atoms with Crippen LogP contribution in [-0.4, -0.2) is 22.2 Å². The van der Waals surface area contributed by atoms with Gasteiger partial charge in [0, 0.05) is 31.2 Å². The van der Waals surface area contributed by atoms with Crippen molar-refractivity contribution in [2.75, 3.05) is 6.61 Å². The lowest BCUT2D eigenvalue weighted by molar-refractivity contribution is 0.100. The second-order valence-electron chi connectivity index (χ2n) is 4.93. The summed E-state index contributed by atoms with van der Waals surface area (Å²) in [6.45, 7) is 4.06. The zero-order valence-electron chi connectivity index (χ0n) is 12.5. The van der Waals surface area contributed by atoms with Gasteiger partial charge in [-0.1, -0.05) is 13.3 Å². The smallest absolute Gasteiger partial charge is 0.178 e. The Balaban J connectivity index is 2.46. The number of hydrogen-bond acceptors (Lipinski definition) is 3. The molecule has 0 aliphatic rings. The highest BCUT2D eigenvalue weighted by molar-refractivity contribution is 5.99. The molecule has 1 aromatic heterocycles. The van der Waals surface area contributed by atoms with Gasteiger partial charge in [0.15, 0.2) is 5.78 Å². The van der Waals surface area contributed by atoms with Crippen LogP contribution in [0.4, 0.5) is 4.39 Å². The predicted octanol–water partition coefficient (Wildman–Crippen LogP) is 3.61. The molecule has 0 aliphatic heterocycles. The lowest BCUT2D eigenvalue weighted by Gasteiger charge is -2.11. The summed E-state index contributed by atoms with van der Waals surface area (Å²) in [4.78, 5) is 11.8. The van der Waals surface area contributed by atoms with Gasteiger partial charge in [-0.3, -0.25) is 9.48 Å². The second kappa shape index (κ2) is 6.52. The van der Waals surface area contributed by atoms with Crippen LogP contribution in [0.2, 0.25) is 0 Å². The van der Waals surface area contributed by atoms with Crippen LogP contribution >= 0.6 is 0 Å². The highest BCUT2D eigenvalue weighted by Crippen LogP contribution is 2.33. The van der Waals surface area contributed by atoms with Crippen LogP contribution in [-0.2, 0) is 7.05 Å². The van der Waals surface area contributed by atoms with E-state index in [2.05, 4.69) is 12.0 Å². The molecular weight excluding hydrogens is 271 g/mol. The van der Waals surface area contributed by atoms with Gasteiger partial charge in [0.2, 0.25) is 0 Å². The van der Waals surface area contributed by atoms with Crippen molar-refractivity contribution in [2.24, 2.45) is 7.05 Å². The summed E-state index contributed by atoms with van der Waals surface area (Å²) in [6, 6.07) is 4.33. The van der Waals surface area contributed by atoms with Gasteiger partial charge in [0.05, 0.1) is 12.8 Å². The third kappa shape index (κ3) is 3.29. The number of ether oxygens (including phenoxy) is 1. The Bertz CT molecular complexity index is 650. The van der Waals surface area contributed by atoms with E-state index < -0.39 is 0 Å². The third-order valence-corrected chi connectivity index (χ3v) is 3.26. The molecule has 5 heteroatoms. The van der Waals surface area contributed by atoms with Crippen molar-refractivity contribution < 1.29 is 13.9 Å². The van der Waals surface area contributed by atoms with E-state index in [1.54, 1.807) is 19.3 Å². The number of aryl methyl sites for hydroxylation is 1. The lowest BCUT2D eigenvalue weighted by Crippen LogP contribution is -2.05. The first-order valence-corrected chi connectivity index (χ1v) is 7.00. The maximum Gasteiger partial charge on any atom is 0.178 e. The molecule has 21 heavy (non-hydrogen) atoms. The molecule has 0 spiro atoms. The maximum absolute atomic E-state index is 13.5. The van der Waals surface area contributed by atoms with E-state index in [0.29, 0.717) is 29.2 Å². The fourth-order valence-electron chi connectivity index (χ4n) is 2.22. The molecule has 0 atom stereocenters. The Morgan fingerprint density at radius 3 is 2.81 bits per heavy atom. The first kappa shape index (κ1) is 15.2. The van der Waals surface area contributed by atoms with Crippen LogP contribution in [0.5, 0.6) is 5.75 Å². The minimum absolute atomic E-state index is 0.0890. The summed E-state index contributed by atoms with van der Waals surface area (Å²) in [7, 11) is 1.71. The molecule has 0 saturated carbocycles. The molecule has 0 amide bonds. The summed E-state index contributed by atoms with van der Waals surface area (Å²) in [5.41, 5.74) is 1.84. The topological polar surface area (TPSA) is 44.1 Å². The van der Waals surface area contributed by atoms with E-state index in [1.165, 1.54) is 23.7 Å². The second-order valence-corrected chi connectivity index (χ2v) is 4.93. The number of halogens is 1. The summed E-state index contributed by atoms with van der Waals surface area (Å²) in [5.74, 6) is -0.00806. The van der Waals surface area contributed by atoms with Crippen molar-refractivity contribution in [3.8, 4) is 16.9 Å². The van der Waals surface area contributed by atoms with E-state index >= 15 is 0 Å². The van der Waals surface area contributed by atoms with Gasteiger partial charge in [-0.25, -0.2) is 4.39 Å². The van der Waals surface area contributed by atoms with Crippen LogP contribution < -0.4 is 4.74 Å². The van der Waals surface area contributed by atoms with Crippen LogP contribution in [0.1, 0.15) is 37.2 Å². The molecule has 0 unspecified atom stereocenters. The van der Waals surface area contributed by atoms with Gasteiger partial charge >= 0.3 is 0 Å². The van der Waals surface area contributed by atoms with E-state index in [9.17, 15) is 9.18 Å². The van der Waals surface area contributed by atoms with Gasteiger partial charge in [-0.2, -0.15) is 5.10 Å². The Labute approximate surface area is 123 Å². The van der Waals surface area contributed by atoms with E-state index in [4.69, 9.17) is 4.74 Å². The average molecular weight is 290 g/mol. The quantitative estimate of drug-likeness (QED) is 0.603. The first-order valence-electron chi connectivity index (χ1n) is 7.00. The number of carbonyl (C=O) groups excluding carboxylic acids is 1. The molecule has 0 saturated heterocycles. The minimum Gasteiger partial charge on any atom is -0.493 e. The Kier molecular flexibility index (Phi) is 4.73. The average Bonchev–Trinajstić information content (AvgIpc) is 2.81. The summed E-state index contributed by atoms with van der Waals surface area (Å²) >= 11 is 0. The van der Waals surface area contributed by atoms with Gasteiger partial charge in [0.25, 0.3) is 0 Å². The summed E-state index contributed by atoms with van der Waals surface area (Å²) in [5, 5.41) is 4.12. The van der Waals surface area contributed by atoms with Gasteiger partial charge in [-0.15, -0.1) is 0 Å². The predicted molar refractivity (Wildman–Crippen MR) is 79.0 cm³/mol. The lowest BCUT2D eigenvalue weighted by atomic mass is 10.0. The van der Waals surface area contributed by atoms with Crippen molar-refractivity contribution in [1.29, 1.82) is 0 Å². The maximum atomic E-state index is 13.5. The summed E-state index contributed by atoms with van der Waals surface area (Å²) < 4.78 is 20.7. The van der Waals surface area contributed by atoms with E-state index in [0.717, 1.165) is 12.8 Å². The van der Waals surface area contributed by atoms with Crippen LogP contribution in [0, 0.1) is 5.82 Å².